The molecule has 34 heavy (non-hydrogen) atoms. The van der Waals surface area contributed by atoms with Crippen LogP contribution >= 0.6 is 47.5 Å². The maximum Gasteiger partial charge on any atom is 0.274 e. The van der Waals surface area contributed by atoms with Crippen molar-refractivity contribution in [1.82, 2.24) is 25.1 Å². The Morgan fingerprint density at radius 2 is 1.88 bits per heavy atom. The van der Waals surface area contributed by atoms with Crippen LogP contribution in [0.3, 0.4) is 0 Å². The highest BCUT2D eigenvalue weighted by molar-refractivity contribution is 7.19. The summed E-state index contributed by atoms with van der Waals surface area (Å²) in [6.07, 6.45) is 1.33. The largest absolute Gasteiger partial charge is 0.324 e. The lowest BCUT2D eigenvalue weighted by atomic mass is 10.1. The molecule has 8 nitrogen and oxygen atoms in total. The van der Waals surface area contributed by atoms with Crippen molar-refractivity contribution in [3.63, 3.8) is 0 Å². The molecule has 0 aliphatic carbocycles. The second-order valence-corrected chi connectivity index (χ2v) is 10.2. The highest BCUT2D eigenvalue weighted by Gasteiger charge is 2.29. The van der Waals surface area contributed by atoms with Gasteiger partial charge in [0.05, 0.1) is 10.3 Å². The number of hydrogen-bond donors (Lipinski definition) is 1. The number of halogens is 2. The molecule has 12 heteroatoms. The van der Waals surface area contributed by atoms with Gasteiger partial charge in [-0.2, -0.15) is 0 Å². The van der Waals surface area contributed by atoms with E-state index in [1.54, 1.807) is 34.6 Å². The number of imide groups is 1. The van der Waals surface area contributed by atoms with Crippen LogP contribution in [0.25, 0.3) is 20.9 Å². The van der Waals surface area contributed by atoms with Crippen LogP contribution in [0.1, 0.15) is 10.4 Å². The number of rotatable bonds is 5. The Labute approximate surface area is 218 Å². The molecule has 3 aromatic heterocycles. The number of carbonyl (C=O) groups excluding carboxylic acids is 2. The second kappa shape index (κ2) is 10.7. The fraction of sp³-hybridized carbons (Fsp3) is 0.364. The van der Waals surface area contributed by atoms with E-state index in [2.05, 4.69) is 29.1 Å². The van der Waals surface area contributed by atoms with Gasteiger partial charge in [0, 0.05) is 50.7 Å². The van der Waals surface area contributed by atoms with Crippen LogP contribution in [0.5, 0.6) is 0 Å². The van der Waals surface area contributed by atoms with Crippen LogP contribution in [0.2, 0.25) is 0 Å². The molecule has 1 fully saturated rings. The summed E-state index contributed by atoms with van der Waals surface area (Å²) >= 11 is 3.27. The molecule has 0 radical (unpaired) electrons. The minimum atomic E-state index is -0.410. The molecule has 2 aliphatic rings. The van der Waals surface area contributed by atoms with E-state index in [0.717, 1.165) is 53.4 Å². The van der Waals surface area contributed by atoms with Gasteiger partial charge in [-0.25, -0.2) is 9.97 Å². The zero-order valence-electron chi connectivity index (χ0n) is 19.0. The lowest BCUT2D eigenvalue weighted by Gasteiger charge is -2.32. The fourth-order valence-corrected chi connectivity index (χ4v) is 5.92. The van der Waals surface area contributed by atoms with Gasteiger partial charge >= 0.3 is 0 Å². The van der Waals surface area contributed by atoms with Gasteiger partial charge in [0.1, 0.15) is 16.3 Å². The van der Waals surface area contributed by atoms with E-state index >= 15 is 0 Å². The Morgan fingerprint density at radius 3 is 2.50 bits per heavy atom. The zero-order valence-corrected chi connectivity index (χ0v) is 22.3. The van der Waals surface area contributed by atoms with E-state index in [1.165, 1.54) is 11.0 Å². The number of thiophene rings is 2. The Bertz CT molecular complexity index is 1240. The van der Waals surface area contributed by atoms with Crippen LogP contribution in [0, 0.1) is 6.92 Å². The molecule has 1 saturated heterocycles. The highest BCUT2D eigenvalue weighted by Crippen LogP contribution is 2.39. The van der Waals surface area contributed by atoms with Crippen LogP contribution < -0.4 is 10.2 Å². The van der Waals surface area contributed by atoms with Crippen molar-refractivity contribution in [2.75, 3.05) is 45.2 Å². The summed E-state index contributed by atoms with van der Waals surface area (Å²) < 4.78 is 0. The number of hydrogen-bond acceptors (Lipinski definition) is 9. The van der Waals surface area contributed by atoms with Crippen molar-refractivity contribution < 1.29 is 9.59 Å². The number of aromatic nitrogens is 2. The first-order valence-corrected chi connectivity index (χ1v) is 12.2. The van der Waals surface area contributed by atoms with Crippen molar-refractivity contribution in [3.8, 4) is 10.7 Å². The van der Waals surface area contributed by atoms with Gasteiger partial charge in [0.2, 0.25) is 0 Å². The summed E-state index contributed by atoms with van der Waals surface area (Å²) in [7, 11) is 3.94. The Kier molecular flexibility index (Phi) is 8.33. The standard InChI is InChI=1S/C22H24N6O2S2.2ClH/c1-13-16(12-28-8-6-26(2)7-9-28)32-22-18(13)20(24-19(25-22)15-5-4-10-31-15)27(3)14-11-17(29)23-21(14)30;;/h4-5,10-11H,6-9,12H2,1-3H3,(H,23,29,30);2*1H. The number of nitrogens with zero attached hydrogens (tertiary/aromatic N) is 5. The molecule has 0 atom stereocenters. The fourth-order valence-electron chi connectivity index (χ4n) is 4.05. The van der Waals surface area contributed by atoms with Crippen LogP contribution in [-0.2, 0) is 16.1 Å². The number of nitrogens with one attached hydrogen (secondary N) is 1. The number of carbonyl (C=O) groups is 2. The maximum absolute atomic E-state index is 12.3. The zero-order chi connectivity index (χ0) is 22.4. The van der Waals surface area contributed by atoms with Gasteiger partial charge in [0.15, 0.2) is 5.82 Å². The first-order chi connectivity index (χ1) is 15.4. The minimum absolute atomic E-state index is 0. The number of anilines is 1. The number of amides is 2. The molecule has 0 spiro atoms. The maximum atomic E-state index is 12.3. The number of piperazine rings is 1. The average molecular weight is 542 g/mol. The number of fused-ring (bicyclic) bond motifs is 1. The molecule has 0 bridgehead atoms. The van der Waals surface area contributed by atoms with Gasteiger partial charge < -0.3 is 9.80 Å². The summed E-state index contributed by atoms with van der Waals surface area (Å²) in [5.74, 6) is 0.464. The second-order valence-electron chi connectivity index (χ2n) is 8.16. The van der Waals surface area contributed by atoms with E-state index < -0.39 is 11.8 Å². The van der Waals surface area contributed by atoms with Gasteiger partial charge in [-0.15, -0.1) is 47.5 Å². The molecule has 2 aliphatic heterocycles. The third kappa shape index (κ3) is 4.98. The van der Waals surface area contributed by atoms with Crippen molar-refractivity contribution in [2.24, 2.45) is 0 Å². The van der Waals surface area contributed by atoms with Gasteiger partial charge in [0.25, 0.3) is 11.8 Å². The lowest BCUT2D eigenvalue weighted by Crippen LogP contribution is -2.43. The molecule has 0 aromatic carbocycles. The van der Waals surface area contributed by atoms with Gasteiger partial charge in [-0.1, -0.05) is 6.07 Å². The van der Waals surface area contributed by atoms with E-state index in [9.17, 15) is 9.59 Å². The molecule has 2 amide bonds. The average Bonchev–Trinajstić information content (AvgIpc) is 3.49. The molecule has 5 rings (SSSR count). The minimum Gasteiger partial charge on any atom is -0.324 e. The summed E-state index contributed by atoms with van der Waals surface area (Å²) in [4.78, 5) is 43.5. The molecule has 3 aromatic rings. The normalized spacial score (nSPS) is 16.7. The van der Waals surface area contributed by atoms with Crippen LogP contribution in [-0.4, -0.2) is 71.9 Å². The Morgan fingerprint density at radius 1 is 1.15 bits per heavy atom. The van der Waals surface area contributed by atoms with Crippen molar-refractivity contribution in [2.45, 2.75) is 13.5 Å². The van der Waals surface area contributed by atoms with E-state index in [1.807, 2.05) is 17.5 Å². The highest BCUT2D eigenvalue weighted by atomic mass is 35.5. The molecule has 1 N–H and O–H groups in total. The lowest BCUT2D eigenvalue weighted by molar-refractivity contribution is -0.123. The van der Waals surface area contributed by atoms with E-state index in [0.29, 0.717) is 17.3 Å². The Hall–Kier alpha value is -2.08. The van der Waals surface area contributed by atoms with Crippen molar-refractivity contribution in [3.05, 3.63) is 39.7 Å². The predicted molar refractivity (Wildman–Crippen MR) is 142 cm³/mol. The Balaban J connectivity index is 0.00000162. The van der Waals surface area contributed by atoms with Crippen molar-refractivity contribution >= 4 is 75.3 Å². The monoisotopic (exact) mass is 540 g/mol. The predicted octanol–water partition coefficient (Wildman–Crippen LogP) is 3.30. The molecular formula is C22H26Cl2N6O2S2. The van der Waals surface area contributed by atoms with Gasteiger partial charge in [-0.3, -0.25) is 19.8 Å². The first-order valence-electron chi connectivity index (χ1n) is 10.5. The third-order valence-electron chi connectivity index (χ3n) is 5.99. The molecular weight excluding hydrogens is 515 g/mol. The quantitative estimate of drug-likeness (QED) is 0.497. The topological polar surface area (TPSA) is 81.7 Å². The van der Waals surface area contributed by atoms with Crippen LogP contribution in [0.15, 0.2) is 29.3 Å². The third-order valence-corrected chi connectivity index (χ3v) is 8.03. The summed E-state index contributed by atoms with van der Waals surface area (Å²) in [6, 6.07) is 3.97. The molecule has 0 unspecified atom stereocenters. The first kappa shape index (κ1) is 26.5. The van der Waals surface area contributed by atoms with E-state index in [4.69, 9.17) is 9.97 Å². The van der Waals surface area contributed by atoms with Gasteiger partial charge in [-0.05, 0) is 31.0 Å². The molecule has 0 saturated carbocycles. The molecule has 182 valence electrons. The van der Waals surface area contributed by atoms with Crippen LogP contribution in [0.4, 0.5) is 5.82 Å². The number of likely N-dealkylation sites (N-methyl/N-ethyl adjacent to an activating group) is 2. The SMILES string of the molecule is Cc1c(CN2CCN(C)CC2)sc2nc(-c3cccs3)nc(N(C)C3=CC(=O)NC3=O)c12.Cl.Cl. The smallest absolute Gasteiger partial charge is 0.274 e. The number of aryl methyl sites for hydroxylation is 1. The molecule has 5 heterocycles. The summed E-state index contributed by atoms with van der Waals surface area (Å²) in [6.45, 7) is 7.19. The summed E-state index contributed by atoms with van der Waals surface area (Å²) in [5, 5.41) is 5.26. The van der Waals surface area contributed by atoms with E-state index in [-0.39, 0.29) is 24.8 Å². The summed E-state index contributed by atoms with van der Waals surface area (Å²) in [5.41, 5.74) is 1.42. The van der Waals surface area contributed by atoms with Crippen molar-refractivity contribution in [1.29, 1.82) is 0 Å².